The number of aromatic nitrogens is 1. The second-order valence-corrected chi connectivity index (χ2v) is 13.9. The number of rotatable bonds is 6. The third-order valence-corrected chi connectivity index (χ3v) is 10.7. The third-order valence-electron chi connectivity index (χ3n) is 10.7. The normalized spacial score (nSPS) is 11.6. The fourth-order valence-electron chi connectivity index (χ4n) is 8.08. The average Bonchev–Trinajstić information content (AvgIpc) is 3.84. The van der Waals surface area contributed by atoms with Crippen LogP contribution in [0.25, 0.3) is 88.3 Å². The molecule has 11 rings (SSSR count). The largest absolute Gasteiger partial charge is 0.456 e. The molecule has 0 unspecified atom stereocenters. The fourth-order valence-corrected chi connectivity index (χ4v) is 8.08. The van der Waals surface area contributed by atoms with E-state index in [9.17, 15) is 0 Å². The average molecular weight is 705 g/mol. The van der Waals surface area contributed by atoms with Crippen LogP contribution in [0.1, 0.15) is 0 Å². The van der Waals surface area contributed by atoms with Crippen molar-refractivity contribution in [3.8, 4) is 33.7 Å². The van der Waals surface area contributed by atoms with Gasteiger partial charge < -0.3 is 13.7 Å². The second kappa shape index (κ2) is 12.6. The summed E-state index contributed by atoms with van der Waals surface area (Å²) in [5.41, 5.74) is 11.9. The number of benzene rings is 9. The lowest BCUT2D eigenvalue weighted by molar-refractivity contribution is 0.617. The molecule has 0 aliphatic rings. The molecule has 0 fully saturated rings. The van der Waals surface area contributed by atoms with Gasteiger partial charge in [-0.05, 0) is 93.0 Å². The quantitative estimate of drug-likeness (QED) is 0.162. The van der Waals surface area contributed by atoms with Crippen LogP contribution in [-0.4, -0.2) is 4.98 Å². The SMILES string of the molecule is c1ccc(-c2cccc(N(c3ccc(-c4cccc5oc6cc7oc(-c8ccccc8)nc7cc6c45)cc3)c3cc4ccccc4c4ccccc34)c2)cc1. The van der Waals surface area contributed by atoms with E-state index in [2.05, 4.69) is 157 Å². The standard InChI is InChI=1S/C51H32N2O2/c1-3-13-33(14-4-1)36-18-11-19-39(29-36)53(46-30-37-17-7-8-20-40(37)42-21-9-10-22-43(42)46)38-27-25-34(26-28-38)41-23-12-24-47-50(41)44-31-45-49(32-48(44)54-47)55-51(52-45)35-15-5-2-6-16-35/h1-32H. The molecule has 4 nitrogen and oxygen atoms in total. The van der Waals surface area contributed by atoms with Crippen LogP contribution >= 0.6 is 0 Å². The molecule has 258 valence electrons. The van der Waals surface area contributed by atoms with E-state index < -0.39 is 0 Å². The van der Waals surface area contributed by atoms with E-state index >= 15 is 0 Å². The zero-order valence-corrected chi connectivity index (χ0v) is 29.7. The van der Waals surface area contributed by atoms with Crippen LogP contribution in [0.4, 0.5) is 17.1 Å². The minimum atomic E-state index is 0.599. The van der Waals surface area contributed by atoms with Gasteiger partial charge in [0, 0.05) is 39.2 Å². The summed E-state index contributed by atoms with van der Waals surface area (Å²) in [6, 6.07) is 68.4. The van der Waals surface area contributed by atoms with Crippen LogP contribution in [0.2, 0.25) is 0 Å². The molecular weight excluding hydrogens is 673 g/mol. The van der Waals surface area contributed by atoms with Gasteiger partial charge in [0.05, 0.1) is 5.69 Å². The Labute approximate surface area is 317 Å². The van der Waals surface area contributed by atoms with Crippen LogP contribution in [-0.2, 0) is 0 Å². The molecule has 9 aromatic carbocycles. The Balaban J connectivity index is 1.07. The Kier molecular flexibility index (Phi) is 7.14. The topological polar surface area (TPSA) is 42.4 Å². The lowest BCUT2D eigenvalue weighted by Gasteiger charge is -2.28. The lowest BCUT2D eigenvalue weighted by Crippen LogP contribution is -2.10. The minimum absolute atomic E-state index is 0.599. The highest BCUT2D eigenvalue weighted by Gasteiger charge is 2.20. The first-order chi connectivity index (χ1) is 27.2. The zero-order valence-electron chi connectivity index (χ0n) is 29.7. The van der Waals surface area contributed by atoms with E-state index in [1.807, 2.05) is 42.5 Å². The van der Waals surface area contributed by atoms with E-state index in [1.165, 1.54) is 32.7 Å². The fraction of sp³-hybridized carbons (Fsp3) is 0. The predicted octanol–water partition coefficient (Wildman–Crippen LogP) is 14.5. The summed E-state index contributed by atoms with van der Waals surface area (Å²) in [5, 5.41) is 6.94. The summed E-state index contributed by atoms with van der Waals surface area (Å²) in [5.74, 6) is 0.599. The molecule has 0 spiro atoms. The Morgan fingerprint density at radius 3 is 1.89 bits per heavy atom. The van der Waals surface area contributed by atoms with Gasteiger partial charge in [-0.25, -0.2) is 4.98 Å². The number of hydrogen-bond acceptors (Lipinski definition) is 4. The molecule has 0 saturated carbocycles. The van der Waals surface area contributed by atoms with Crippen molar-refractivity contribution >= 4 is 71.6 Å². The third kappa shape index (κ3) is 5.26. The number of nitrogens with zero attached hydrogens (tertiary/aromatic N) is 2. The molecule has 2 aromatic heterocycles. The molecule has 0 amide bonds. The number of hydrogen-bond donors (Lipinski definition) is 0. The van der Waals surface area contributed by atoms with Crippen molar-refractivity contribution < 1.29 is 8.83 Å². The number of furan rings is 1. The van der Waals surface area contributed by atoms with E-state index in [0.29, 0.717) is 11.5 Å². The molecule has 0 saturated heterocycles. The molecule has 0 aliphatic carbocycles. The first kappa shape index (κ1) is 31.1. The molecule has 55 heavy (non-hydrogen) atoms. The van der Waals surface area contributed by atoms with E-state index in [0.717, 1.165) is 61.2 Å². The summed E-state index contributed by atoms with van der Waals surface area (Å²) < 4.78 is 12.6. The first-order valence-electron chi connectivity index (χ1n) is 18.5. The summed E-state index contributed by atoms with van der Waals surface area (Å²) in [6.07, 6.45) is 0. The molecule has 0 N–H and O–H groups in total. The van der Waals surface area contributed by atoms with Crippen molar-refractivity contribution in [1.29, 1.82) is 0 Å². The maximum absolute atomic E-state index is 6.44. The Morgan fingerprint density at radius 1 is 0.382 bits per heavy atom. The van der Waals surface area contributed by atoms with Crippen LogP contribution < -0.4 is 4.90 Å². The predicted molar refractivity (Wildman–Crippen MR) is 227 cm³/mol. The van der Waals surface area contributed by atoms with Gasteiger partial charge in [0.25, 0.3) is 0 Å². The molecule has 0 radical (unpaired) electrons. The van der Waals surface area contributed by atoms with Crippen molar-refractivity contribution in [3.05, 3.63) is 194 Å². The van der Waals surface area contributed by atoms with Gasteiger partial charge in [0.2, 0.25) is 5.89 Å². The minimum Gasteiger partial charge on any atom is -0.456 e. The summed E-state index contributed by atoms with van der Waals surface area (Å²) in [4.78, 5) is 7.26. The maximum atomic E-state index is 6.44. The highest BCUT2D eigenvalue weighted by Crippen LogP contribution is 2.44. The van der Waals surface area contributed by atoms with Gasteiger partial charge in [-0.2, -0.15) is 0 Å². The molecule has 11 aromatic rings. The van der Waals surface area contributed by atoms with Crippen LogP contribution in [0.5, 0.6) is 0 Å². The first-order valence-corrected chi connectivity index (χ1v) is 18.5. The Morgan fingerprint density at radius 2 is 1.07 bits per heavy atom. The van der Waals surface area contributed by atoms with Gasteiger partial charge in [0.15, 0.2) is 5.58 Å². The Bertz CT molecular complexity index is 3200. The second-order valence-electron chi connectivity index (χ2n) is 13.9. The number of anilines is 3. The highest BCUT2D eigenvalue weighted by molar-refractivity contribution is 6.16. The smallest absolute Gasteiger partial charge is 0.227 e. The number of oxazole rings is 1. The highest BCUT2D eigenvalue weighted by atomic mass is 16.4. The van der Waals surface area contributed by atoms with Gasteiger partial charge in [-0.1, -0.05) is 133 Å². The van der Waals surface area contributed by atoms with Crippen molar-refractivity contribution in [1.82, 2.24) is 4.98 Å². The van der Waals surface area contributed by atoms with Crippen LogP contribution in [0.3, 0.4) is 0 Å². The van der Waals surface area contributed by atoms with E-state index in [-0.39, 0.29) is 0 Å². The van der Waals surface area contributed by atoms with E-state index in [4.69, 9.17) is 13.8 Å². The summed E-state index contributed by atoms with van der Waals surface area (Å²) in [6.45, 7) is 0. The van der Waals surface area contributed by atoms with Crippen molar-refractivity contribution in [2.24, 2.45) is 0 Å². The van der Waals surface area contributed by atoms with E-state index in [1.54, 1.807) is 0 Å². The van der Waals surface area contributed by atoms with Gasteiger partial charge in [-0.15, -0.1) is 0 Å². The summed E-state index contributed by atoms with van der Waals surface area (Å²) in [7, 11) is 0. The molecule has 0 aliphatic heterocycles. The van der Waals surface area contributed by atoms with Crippen molar-refractivity contribution in [3.63, 3.8) is 0 Å². The van der Waals surface area contributed by atoms with Crippen LogP contribution in [0.15, 0.2) is 203 Å². The molecular formula is C51H32N2O2. The molecule has 2 heterocycles. The van der Waals surface area contributed by atoms with Crippen LogP contribution in [0, 0.1) is 0 Å². The van der Waals surface area contributed by atoms with Crippen molar-refractivity contribution in [2.45, 2.75) is 0 Å². The van der Waals surface area contributed by atoms with Gasteiger partial charge in [-0.3, -0.25) is 0 Å². The number of fused-ring (bicyclic) bond motifs is 7. The van der Waals surface area contributed by atoms with Gasteiger partial charge >= 0.3 is 0 Å². The molecule has 4 heteroatoms. The monoisotopic (exact) mass is 704 g/mol. The van der Waals surface area contributed by atoms with Gasteiger partial charge in [0.1, 0.15) is 16.7 Å². The maximum Gasteiger partial charge on any atom is 0.227 e. The zero-order chi connectivity index (χ0) is 36.3. The summed E-state index contributed by atoms with van der Waals surface area (Å²) >= 11 is 0. The molecule has 0 bridgehead atoms. The molecule has 0 atom stereocenters. The van der Waals surface area contributed by atoms with Crippen molar-refractivity contribution in [2.75, 3.05) is 4.90 Å². The Hall–Kier alpha value is -7.43. The lowest BCUT2D eigenvalue weighted by atomic mass is 9.97.